The van der Waals surface area contributed by atoms with E-state index in [9.17, 15) is 22.0 Å². The van der Waals surface area contributed by atoms with Crippen molar-refractivity contribution in [2.45, 2.75) is 12.2 Å². The Labute approximate surface area is 150 Å². The van der Waals surface area contributed by atoms with Crippen LogP contribution in [0.1, 0.15) is 22.7 Å². The molecule has 1 N–H and O–H groups in total. The summed E-state index contributed by atoms with van der Waals surface area (Å²) < 4.78 is 68.5. The van der Waals surface area contributed by atoms with Crippen molar-refractivity contribution in [2.24, 2.45) is 0 Å². The minimum Gasteiger partial charge on any atom is -0.324 e. The van der Waals surface area contributed by atoms with Gasteiger partial charge in [0.2, 0.25) is 5.95 Å². The number of hydrogen-bond acceptors (Lipinski definition) is 3. The predicted octanol–water partition coefficient (Wildman–Crippen LogP) is 4.63. The van der Waals surface area contributed by atoms with E-state index in [-0.39, 0.29) is 17.1 Å². The molecular weight excluding hydrogens is 367 g/mol. The minimum absolute atomic E-state index is 0.0293. The lowest BCUT2D eigenvalue weighted by atomic mass is 9.97. The van der Waals surface area contributed by atoms with Gasteiger partial charge in [0.15, 0.2) is 11.6 Å². The molecule has 4 nitrogen and oxygen atoms in total. The van der Waals surface area contributed by atoms with Crippen molar-refractivity contribution in [2.75, 3.05) is 5.32 Å². The van der Waals surface area contributed by atoms with E-state index in [0.717, 1.165) is 18.2 Å². The monoisotopic (exact) mass is 378 g/mol. The van der Waals surface area contributed by atoms with Gasteiger partial charge in [0.05, 0.1) is 5.56 Å². The fourth-order valence-electron chi connectivity index (χ4n) is 3.00. The number of nitrogens with zero attached hydrogens (tertiary/aromatic N) is 3. The highest BCUT2D eigenvalue weighted by Crippen LogP contribution is 2.39. The van der Waals surface area contributed by atoms with E-state index in [0.29, 0.717) is 5.70 Å². The Balaban J connectivity index is 1.87. The van der Waals surface area contributed by atoms with E-state index in [1.54, 1.807) is 0 Å². The van der Waals surface area contributed by atoms with Crippen LogP contribution >= 0.6 is 0 Å². The fourth-order valence-corrected chi connectivity index (χ4v) is 3.00. The average molecular weight is 378 g/mol. The molecule has 2 aromatic carbocycles. The third-order valence-electron chi connectivity index (χ3n) is 4.22. The normalized spacial score (nSPS) is 16.5. The van der Waals surface area contributed by atoms with E-state index < -0.39 is 29.4 Å². The quantitative estimate of drug-likeness (QED) is 0.661. The summed E-state index contributed by atoms with van der Waals surface area (Å²) in [5.41, 5.74) is -0.258. The van der Waals surface area contributed by atoms with Gasteiger partial charge in [-0.1, -0.05) is 18.2 Å². The Morgan fingerprint density at radius 3 is 2.52 bits per heavy atom. The summed E-state index contributed by atoms with van der Waals surface area (Å²) in [5, 5.41) is 6.87. The summed E-state index contributed by atoms with van der Waals surface area (Å²) in [5.74, 6) is -1.88. The molecular formula is C18H11F5N4. The molecule has 1 atom stereocenters. The zero-order chi connectivity index (χ0) is 19.2. The summed E-state index contributed by atoms with van der Waals surface area (Å²) in [6.07, 6.45) is -1.88. The van der Waals surface area contributed by atoms with Gasteiger partial charge < -0.3 is 5.32 Å². The molecule has 27 heavy (non-hydrogen) atoms. The third kappa shape index (κ3) is 3.05. The van der Waals surface area contributed by atoms with E-state index in [1.807, 2.05) is 0 Å². The van der Waals surface area contributed by atoms with Crippen molar-refractivity contribution in [1.82, 2.24) is 14.8 Å². The van der Waals surface area contributed by atoms with Crippen molar-refractivity contribution in [3.8, 4) is 0 Å². The number of rotatable bonds is 2. The highest BCUT2D eigenvalue weighted by molar-refractivity contribution is 5.77. The second kappa shape index (κ2) is 6.19. The first-order chi connectivity index (χ1) is 12.8. The number of fused-ring (bicyclic) bond motifs is 1. The van der Waals surface area contributed by atoms with Crippen molar-refractivity contribution in [1.29, 1.82) is 0 Å². The Kier molecular flexibility index (Phi) is 3.94. The van der Waals surface area contributed by atoms with Gasteiger partial charge in [0, 0.05) is 11.3 Å². The molecule has 4 rings (SSSR count). The molecule has 0 aliphatic carbocycles. The van der Waals surface area contributed by atoms with Crippen molar-refractivity contribution < 1.29 is 22.0 Å². The molecule has 0 saturated carbocycles. The van der Waals surface area contributed by atoms with Crippen molar-refractivity contribution in [3.05, 3.63) is 83.2 Å². The van der Waals surface area contributed by atoms with Crippen LogP contribution in [0.2, 0.25) is 0 Å². The maximum absolute atomic E-state index is 13.6. The topological polar surface area (TPSA) is 42.7 Å². The molecule has 0 radical (unpaired) electrons. The fraction of sp³-hybridized carbons (Fsp3) is 0.111. The van der Waals surface area contributed by atoms with Crippen LogP contribution in [0.25, 0.3) is 5.70 Å². The number of hydrogen-bond donors (Lipinski definition) is 1. The lowest BCUT2D eigenvalue weighted by Crippen LogP contribution is -2.23. The molecule has 2 heterocycles. The second-order valence-electron chi connectivity index (χ2n) is 5.89. The minimum atomic E-state index is -4.56. The number of aromatic nitrogens is 3. The Bertz CT molecular complexity index is 1040. The largest absolute Gasteiger partial charge is 0.416 e. The number of anilines is 1. The standard InChI is InChI=1S/C18H11F5N4/c19-13-6-5-10(7-14(13)20)15-8-16(27-17(26-15)24-9-25-27)11-3-1-2-4-12(11)18(21,22)23/h1-9,16H,(H,24,25,26)/t16-/m1/s1. The van der Waals surface area contributed by atoms with Crippen molar-refractivity contribution in [3.63, 3.8) is 0 Å². The molecule has 0 amide bonds. The second-order valence-corrected chi connectivity index (χ2v) is 5.89. The molecule has 138 valence electrons. The Morgan fingerprint density at radius 2 is 1.78 bits per heavy atom. The van der Waals surface area contributed by atoms with E-state index in [4.69, 9.17) is 0 Å². The van der Waals surface area contributed by atoms with Gasteiger partial charge in [-0.25, -0.2) is 13.5 Å². The van der Waals surface area contributed by atoms with Gasteiger partial charge in [-0.3, -0.25) is 0 Å². The predicted molar refractivity (Wildman–Crippen MR) is 87.6 cm³/mol. The van der Waals surface area contributed by atoms with E-state index >= 15 is 0 Å². The number of halogens is 5. The van der Waals surface area contributed by atoms with Gasteiger partial charge in [0.1, 0.15) is 12.4 Å². The molecule has 0 unspecified atom stereocenters. The van der Waals surface area contributed by atoms with Crippen LogP contribution in [-0.4, -0.2) is 14.8 Å². The van der Waals surface area contributed by atoms with Gasteiger partial charge in [-0.15, -0.1) is 0 Å². The summed E-state index contributed by atoms with van der Waals surface area (Å²) in [4.78, 5) is 3.99. The van der Waals surface area contributed by atoms with Crippen LogP contribution in [0.4, 0.5) is 27.9 Å². The van der Waals surface area contributed by atoms with E-state index in [1.165, 1.54) is 41.4 Å². The van der Waals surface area contributed by atoms with Crippen LogP contribution in [0.3, 0.4) is 0 Å². The van der Waals surface area contributed by atoms with Crippen LogP contribution in [-0.2, 0) is 6.18 Å². The molecule has 0 bridgehead atoms. The third-order valence-corrected chi connectivity index (χ3v) is 4.22. The maximum atomic E-state index is 13.6. The first kappa shape index (κ1) is 17.2. The Hall–Kier alpha value is -3.23. The molecule has 1 aliphatic heterocycles. The molecule has 3 aromatic rings. The molecule has 0 fully saturated rings. The molecule has 1 aromatic heterocycles. The Morgan fingerprint density at radius 1 is 1.00 bits per heavy atom. The van der Waals surface area contributed by atoms with Gasteiger partial charge in [0.25, 0.3) is 0 Å². The van der Waals surface area contributed by atoms with Gasteiger partial charge >= 0.3 is 6.18 Å². The smallest absolute Gasteiger partial charge is 0.324 e. The first-order valence-electron chi connectivity index (χ1n) is 7.84. The molecule has 9 heteroatoms. The lowest BCUT2D eigenvalue weighted by molar-refractivity contribution is -0.138. The molecule has 1 aliphatic rings. The number of allylic oxidation sites excluding steroid dienone is 1. The van der Waals surface area contributed by atoms with Crippen LogP contribution < -0.4 is 5.32 Å². The van der Waals surface area contributed by atoms with Crippen LogP contribution in [0.5, 0.6) is 0 Å². The average Bonchev–Trinajstić information content (AvgIpc) is 3.11. The zero-order valence-electron chi connectivity index (χ0n) is 13.5. The van der Waals surface area contributed by atoms with Gasteiger partial charge in [-0.2, -0.15) is 23.3 Å². The summed E-state index contributed by atoms with van der Waals surface area (Å²) in [6.45, 7) is 0. The SMILES string of the molecule is Fc1ccc(C2=C[C@H](c3ccccc3C(F)(F)F)n3ncnc3N2)cc1F. The number of benzene rings is 2. The number of alkyl halides is 3. The zero-order valence-corrected chi connectivity index (χ0v) is 13.5. The highest BCUT2D eigenvalue weighted by atomic mass is 19.4. The summed E-state index contributed by atoms with van der Waals surface area (Å²) >= 11 is 0. The number of nitrogens with one attached hydrogen (secondary N) is 1. The first-order valence-corrected chi connectivity index (χ1v) is 7.84. The molecule has 0 saturated heterocycles. The van der Waals surface area contributed by atoms with Gasteiger partial charge in [-0.05, 0) is 35.9 Å². The summed E-state index contributed by atoms with van der Waals surface area (Å²) in [7, 11) is 0. The van der Waals surface area contributed by atoms with Crippen LogP contribution in [0.15, 0.2) is 54.9 Å². The highest BCUT2D eigenvalue weighted by Gasteiger charge is 2.36. The van der Waals surface area contributed by atoms with Crippen LogP contribution in [0, 0.1) is 11.6 Å². The van der Waals surface area contributed by atoms with Crippen molar-refractivity contribution >= 4 is 11.6 Å². The summed E-state index contributed by atoms with van der Waals surface area (Å²) in [6, 6.07) is 7.45. The van der Waals surface area contributed by atoms with E-state index in [2.05, 4.69) is 15.4 Å². The molecule has 0 spiro atoms. The maximum Gasteiger partial charge on any atom is 0.416 e. The lowest BCUT2D eigenvalue weighted by Gasteiger charge is -2.26.